The lowest BCUT2D eigenvalue weighted by atomic mass is 10.2. The maximum absolute atomic E-state index is 12.1. The van der Waals surface area contributed by atoms with Crippen molar-refractivity contribution in [3.8, 4) is 5.75 Å². The molecule has 0 fully saturated rings. The van der Waals surface area contributed by atoms with E-state index >= 15 is 0 Å². The Kier molecular flexibility index (Phi) is 7.16. The summed E-state index contributed by atoms with van der Waals surface area (Å²) in [5.74, 6) is 0.403. The van der Waals surface area contributed by atoms with Crippen LogP contribution in [0.2, 0.25) is 0 Å². The Morgan fingerprint density at radius 3 is 2.32 bits per heavy atom. The highest BCUT2D eigenvalue weighted by Crippen LogP contribution is 2.12. The minimum absolute atomic E-state index is 0.0730. The smallest absolute Gasteiger partial charge is 0.244 e. The molecular weight excluding hydrogens is 280 g/mol. The summed E-state index contributed by atoms with van der Waals surface area (Å²) in [6.45, 7) is 6.80. The van der Waals surface area contributed by atoms with E-state index in [4.69, 9.17) is 4.74 Å². The molecule has 1 aromatic rings. The topological polar surface area (TPSA) is 58.6 Å². The van der Waals surface area contributed by atoms with Crippen LogP contribution in [0.25, 0.3) is 6.08 Å². The molecule has 0 aliphatic heterocycles. The van der Waals surface area contributed by atoms with E-state index < -0.39 is 6.04 Å². The summed E-state index contributed by atoms with van der Waals surface area (Å²) in [6.07, 6.45) is 3.12. The van der Waals surface area contributed by atoms with Crippen molar-refractivity contribution in [3.05, 3.63) is 35.9 Å². The number of hydrogen-bond acceptors (Lipinski definition) is 3. The number of methoxy groups -OCH3 is 1. The molecule has 5 heteroatoms. The number of benzene rings is 1. The summed E-state index contributed by atoms with van der Waals surface area (Å²) >= 11 is 0. The molecule has 120 valence electrons. The molecule has 1 N–H and O–H groups in total. The third-order valence-corrected chi connectivity index (χ3v) is 3.35. The fraction of sp³-hybridized carbons (Fsp3) is 0.412. The second-order valence-electron chi connectivity index (χ2n) is 4.85. The van der Waals surface area contributed by atoms with Crippen LogP contribution in [-0.2, 0) is 9.59 Å². The van der Waals surface area contributed by atoms with E-state index in [9.17, 15) is 9.59 Å². The molecule has 0 aliphatic rings. The monoisotopic (exact) mass is 304 g/mol. The van der Waals surface area contributed by atoms with Crippen LogP contribution in [0.5, 0.6) is 5.75 Å². The summed E-state index contributed by atoms with van der Waals surface area (Å²) in [5, 5.41) is 2.68. The van der Waals surface area contributed by atoms with Crippen molar-refractivity contribution in [2.45, 2.75) is 26.8 Å². The molecule has 0 radical (unpaired) electrons. The van der Waals surface area contributed by atoms with Crippen LogP contribution in [-0.4, -0.2) is 43.0 Å². The Balaban J connectivity index is 2.57. The van der Waals surface area contributed by atoms with Gasteiger partial charge in [0.15, 0.2) is 0 Å². The number of rotatable bonds is 7. The van der Waals surface area contributed by atoms with Crippen LogP contribution >= 0.6 is 0 Å². The summed E-state index contributed by atoms with van der Waals surface area (Å²) in [6, 6.07) is 6.82. The minimum atomic E-state index is -0.534. The number of nitrogens with zero attached hydrogens (tertiary/aromatic N) is 1. The molecule has 1 rings (SSSR count). The summed E-state index contributed by atoms with van der Waals surface area (Å²) in [4.78, 5) is 25.6. The lowest BCUT2D eigenvalue weighted by Crippen LogP contribution is -2.46. The standard InChI is InChI=1S/C17H24N2O3/c1-5-19(6-2)17(21)13(3)18-16(20)12-9-14-7-10-15(22-4)11-8-14/h7-13H,5-6H2,1-4H3,(H,18,20)/b12-9+. The average molecular weight is 304 g/mol. The minimum Gasteiger partial charge on any atom is -0.497 e. The van der Waals surface area contributed by atoms with E-state index in [1.54, 1.807) is 25.0 Å². The van der Waals surface area contributed by atoms with Crippen molar-refractivity contribution >= 4 is 17.9 Å². The highest BCUT2D eigenvalue weighted by molar-refractivity contribution is 5.95. The zero-order valence-electron chi connectivity index (χ0n) is 13.6. The maximum atomic E-state index is 12.1. The van der Waals surface area contributed by atoms with Gasteiger partial charge in [-0.1, -0.05) is 12.1 Å². The Morgan fingerprint density at radius 1 is 1.23 bits per heavy atom. The van der Waals surface area contributed by atoms with E-state index in [1.165, 1.54) is 6.08 Å². The molecule has 0 bridgehead atoms. The Morgan fingerprint density at radius 2 is 1.82 bits per heavy atom. The molecule has 1 unspecified atom stereocenters. The molecule has 2 amide bonds. The normalized spacial score (nSPS) is 12.0. The van der Waals surface area contributed by atoms with Gasteiger partial charge in [-0.25, -0.2) is 0 Å². The second-order valence-corrected chi connectivity index (χ2v) is 4.85. The van der Waals surface area contributed by atoms with Gasteiger partial charge in [-0.15, -0.1) is 0 Å². The van der Waals surface area contributed by atoms with Crippen molar-refractivity contribution < 1.29 is 14.3 Å². The number of likely N-dealkylation sites (N-methyl/N-ethyl adjacent to an activating group) is 1. The number of nitrogens with one attached hydrogen (secondary N) is 1. The number of hydrogen-bond donors (Lipinski definition) is 1. The van der Waals surface area contributed by atoms with Gasteiger partial charge in [-0.3, -0.25) is 9.59 Å². The molecule has 0 heterocycles. The molecule has 1 aromatic carbocycles. The SMILES string of the molecule is CCN(CC)C(=O)C(C)NC(=O)/C=C/c1ccc(OC)cc1. The van der Waals surface area contributed by atoms with Crippen molar-refractivity contribution in [3.63, 3.8) is 0 Å². The molecule has 22 heavy (non-hydrogen) atoms. The maximum Gasteiger partial charge on any atom is 0.244 e. The van der Waals surface area contributed by atoms with Crippen molar-refractivity contribution in [2.24, 2.45) is 0 Å². The van der Waals surface area contributed by atoms with Crippen LogP contribution in [0.15, 0.2) is 30.3 Å². The molecule has 0 spiro atoms. The van der Waals surface area contributed by atoms with Crippen LogP contribution in [0.4, 0.5) is 0 Å². The predicted octanol–water partition coefficient (Wildman–Crippen LogP) is 2.08. The van der Waals surface area contributed by atoms with Gasteiger partial charge in [0.25, 0.3) is 0 Å². The highest BCUT2D eigenvalue weighted by Gasteiger charge is 2.18. The zero-order valence-corrected chi connectivity index (χ0v) is 13.6. The van der Waals surface area contributed by atoms with Gasteiger partial charge in [0.2, 0.25) is 11.8 Å². The van der Waals surface area contributed by atoms with Crippen LogP contribution in [0, 0.1) is 0 Å². The fourth-order valence-electron chi connectivity index (χ4n) is 2.02. The van der Waals surface area contributed by atoms with Crippen LogP contribution in [0.1, 0.15) is 26.3 Å². The Labute approximate surface area is 132 Å². The van der Waals surface area contributed by atoms with Crippen molar-refractivity contribution in [1.82, 2.24) is 10.2 Å². The van der Waals surface area contributed by atoms with Gasteiger partial charge in [0, 0.05) is 19.2 Å². The predicted molar refractivity (Wildman–Crippen MR) is 87.6 cm³/mol. The average Bonchev–Trinajstić information content (AvgIpc) is 2.54. The van der Waals surface area contributed by atoms with E-state index in [1.807, 2.05) is 38.1 Å². The first-order valence-electron chi connectivity index (χ1n) is 7.43. The van der Waals surface area contributed by atoms with Gasteiger partial charge < -0.3 is 15.0 Å². The molecule has 0 aromatic heterocycles. The van der Waals surface area contributed by atoms with Crippen LogP contribution in [0.3, 0.4) is 0 Å². The van der Waals surface area contributed by atoms with Crippen molar-refractivity contribution in [2.75, 3.05) is 20.2 Å². The third kappa shape index (κ3) is 5.24. The first-order chi connectivity index (χ1) is 10.5. The molecule has 0 saturated heterocycles. The van der Waals surface area contributed by atoms with E-state index in [-0.39, 0.29) is 11.8 Å². The number of carbonyl (C=O) groups excluding carboxylic acids is 2. The van der Waals surface area contributed by atoms with Gasteiger partial charge in [0.05, 0.1) is 7.11 Å². The Bertz CT molecular complexity index is 519. The molecule has 1 atom stereocenters. The zero-order chi connectivity index (χ0) is 16.5. The van der Waals surface area contributed by atoms with E-state index in [2.05, 4.69) is 5.32 Å². The van der Waals surface area contributed by atoms with Gasteiger partial charge in [-0.2, -0.15) is 0 Å². The lowest BCUT2D eigenvalue weighted by molar-refractivity contribution is -0.134. The molecular formula is C17H24N2O3. The number of carbonyl (C=O) groups is 2. The van der Waals surface area contributed by atoms with Crippen molar-refractivity contribution in [1.29, 1.82) is 0 Å². The summed E-state index contributed by atoms with van der Waals surface area (Å²) < 4.78 is 5.07. The van der Waals surface area contributed by atoms with Gasteiger partial charge in [0.1, 0.15) is 11.8 Å². The number of amides is 2. The first kappa shape index (κ1) is 17.8. The van der Waals surface area contributed by atoms with Crippen LogP contribution < -0.4 is 10.1 Å². The third-order valence-electron chi connectivity index (χ3n) is 3.35. The summed E-state index contributed by atoms with van der Waals surface area (Å²) in [5.41, 5.74) is 0.888. The Hall–Kier alpha value is -2.30. The molecule has 0 saturated carbocycles. The molecule has 0 aliphatic carbocycles. The highest BCUT2D eigenvalue weighted by atomic mass is 16.5. The molecule has 5 nitrogen and oxygen atoms in total. The summed E-state index contributed by atoms with van der Waals surface area (Å²) in [7, 11) is 1.60. The van der Waals surface area contributed by atoms with Gasteiger partial charge in [-0.05, 0) is 44.5 Å². The van der Waals surface area contributed by atoms with E-state index in [0.29, 0.717) is 13.1 Å². The number of ether oxygens (including phenoxy) is 1. The quantitative estimate of drug-likeness (QED) is 0.785. The van der Waals surface area contributed by atoms with E-state index in [0.717, 1.165) is 11.3 Å². The fourth-order valence-corrected chi connectivity index (χ4v) is 2.02. The lowest BCUT2D eigenvalue weighted by Gasteiger charge is -2.23. The second kappa shape index (κ2) is 8.87. The van der Waals surface area contributed by atoms with Gasteiger partial charge >= 0.3 is 0 Å². The first-order valence-corrected chi connectivity index (χ1v) is 7.43. The largest absolute Gasteiger partial charge is 0.497 e.